The Hall–Kier alpha value is -1.84. The van der Waals surface area contributed by atoms with Crippen molar-refractivity contribution >= 4 is 12.4 Å². The molecule has 0 spiro atoms. The molecule has 0 heterocycles. The zero-order valence-electron chi connectivity index (χ0n) is 12.6. The molecule has 0 radical (unpaired) electrons. The number of alkyl carbamates (subject to hydrolysis) is 1. The third kappa shape index (κ3) is 5.87. The Morgan fingerprint density at radius 2 is 1.90 bits per heavy atom. The maximum absolute atomic E-state index is 11.7. The Morgan fingerprint density at radius 1 is 1.30 bits per heavy atom. The van der Waals surface area contributed by atoms with Gasteiger partial charge in [0, 0.05) is 11.6 Å². The zero-order chi connectivity index (χ0) is 15.2. The van der Waals surface area contributed by atoms with Crippen molar-refractivity contribution in [1.82, 2.24) is 5.32 Å². The molecule has 1 aromatic rings. The Morgan fingerprint density at radius 3 is 2.35 bits per heavy atom. The lowest BCUT2D eigenvalue weighted by molar-refractivity contribution is 0.0503. The van der Waals surface area contributed by atoms with E-state index in [4.69, 9.17) is 4.74 Å². The number of nitrogens with one attached hydrogen (secondary N) is 1. The van der Waals surface area contributed by atoms with Gasteiger partial charge in [0.05, 0.1) is 0 Å². The second-order valence-electron chi connectivity index (χ2n) is 5.81. The maximum Gasteiger partial charge on any atom is 0.407 e. The van der Waals surface area contributed by atoms with E-state index in [1.165, 1.54) is 0 Å². The molecule has 4 nitrogen and oxygen atoms in total. The van der Waals surface area contributed by atoms with Crippen molar-refractivity contribution in [2.75, 3.05) is 0 Å². The van der Waals surface area contributed by atoms with Gasteiger partial charge in [-0.25, -0.2) is 4.79 Å². The molecule has 110 valence electrons. The minimum atomic E-state index is -0.492. The smallest absolute Gasteiger partial charge is 0.407 e. The van der Waals surface area contributed by atoms with Crippen LogP contribution in [0, 0.1) is 0 Å². The lowest BCUT2D eigenvalue weighted by Gasteiger charge is -2.23. The molecular weight excluding hydrogens is 254 g/mol. The predicted octanol–water partition coefficient (Wildman–Crippen LogP) is 3.34. The molecule has 0 fully saturated rings. The highest BCUT2D eigenvalue weighted by Crippen LogP contribution is 2.10. The fourth-order valence-electron chi connectivity index (χ4n) is 1.79. The van der Waals surface area contributed by atoms with Gasteiger partial charge in [-0.3, -0.25) is 4.79 Å². The second-order valence-corrected chi connectivity index (χ2v) is 5.81. The number of hydrogen-bond acceptors (Lipinski definition) is 3. The molecule has 1 unspecified atom stereocenters. The summed E-state index contributed by atoms with van der Waals surface area (Å²) in [4.78, 5) is 22.3. The molecule has 0 bridgehead atoms. The van der Waals surface area contributed by atoms with Gasteiger partial charge in [-0.1, -0.05) is 31.2 Å². The standard InChI is InChI=1S/C16H23NO3/c1-5-14(17-15(19)20-16(2,3)4)10-12-6-8-13(11-18)9-7-12/h6-9,11,14H,5,10H2,1-4H3,(H,17,19). The molecule has 1 N–H and O–H groups in total. The van der Waals surface area contributed by atoms with E-state index < -0.39 is 11.7 Å². The van der Waals surface area contributed by atoms with E-state index in [0.717, 1.165) is 24.7 Å². The highest BCUT2D eigenvalue weighted by atomic mass is 16.6. The first kappa shape index (κ1) is 16.2. The summed E-state index contributed by atoms with van der Waals surface area (Å²) in [6.07, 6.45) is 1.96. The number of amides is 1. The summed E-state index contributed by atoms with van der Waals surface area (Å²) in [7, 11) is 0. The average Bonchev–Trinajstić information content (AvgIpc) is 2.36. The molecule has 0 aliphatic heterocycles. The van der Waals surface area contributed by atoms with E-state index in [9.17, 15) is 9.59 Å². The monoisotopic (exact) mass is 277 g/mol. The summed E-state index contributed by atoms with van der Waals surface area (Å²) < 4.78 is 5.25. The van der Waals surface area contributed by atoms with Gasteiger partial charge >= 0.3 is 6.09 Å². The van der Waals surface area contributed by atoms with Crippen LogP contribution < -0.4 is 5.32 Å². The van der Waals surface area contributed by atoms with Crippen LogP contribution in [0.15, 0.2) is 24.3 Å². The number of carbonyl (C=O) groups excluding carboxylic acids is 2. The van der Waals surface area contributed by atoms with Gasteiger partial charge in [-0.15, -0.1) is 0 Å². The van der Waals surface area contributed by atoms with Crippen molar-refractivity contribution in [3.63, 3.8) is 0 Å². The Labute approximate surface area is 120 Å². The van der Waals surface area contributed by atoms with Crippen molar-refractivity contribution in [1.29, 1.82) is 0 Å². The fraction of sp³-hybridized carbons (Fsp3) is 0.500. The molecule has 0 saturated heterocycles. The molecule has 20 heavy (non-hydrogen) atoms. The summed E-state index contributed by atoms with van der Waals surface area (Å²) in [5, 5.41) is 2.87. The van der Waals surface area contributed by atoms with Crippen LogP contribution in [0.3, 0.4) is 0 Å². The quantitative estimate of drug-likeness (QED) is 0.840. The van der Waals surface area contributed by atoms with Crippen molar-refractivity contribution in [3.05, 3.63) is 35.4 Å². The van der Waals surface area contributed by atoms with E-state index in [1.807, 2.05) is 39.8 Å². The van der Waals surface area contributed by atoms with Gasteiger partial charge in [0.2, 0.25) is 0 Å². The second kappa shape index (κ2) is 7.08. The number of ether oxygens (including phenoxy) is 1. The van der Waals surface area contributed by atoms with Gasteiger partial charge < -0.3 is 10.1 Å². The molecule has 1 atom stereocenters. The first-order valence-electron chi connectivity index (χ1n) is 6.87. The van der Waals surface area contributed by atoms with Crippen molar-refractivity contribution in [3.8, 4) is 0 Å². The first-order valence-corrected chi connectivity index (χ1v) is 6.87. The van der Waals surface area contributed by atoms with E-state index >= 15 is 0 Å². The fourth-order valence-corrected chi connectivity index (χ4v) is 1.79. The number of hydrogen-bond donors (Lipinski definition) is 1. The molecule has 1 rings (SSSR count). The molecule has 0 aliphatic carbocycles. The number of rotatable bonds is 5. The molecule has 0 saturated carbocycles. The van der Waals surface area contributed by atoms with Crippen LogP contribution in [0.4, 0.5) is 4.79 Å². The van der Waals surface area contributed by atoms with Crippen LogP contribution in [0.5, 0.6) is 0 Å². The molecule has 0 aliphatic rings. The summed E-state index contributed by atoms with van der Waals surface area (Å²) in [5.41, 5.74) is 1.24. The number of benzene rings is 1. The van der Waals surface area contributed by atoms with Crippen molar-refractivity contribution in [2.24, 2.45) is 0 Å². The Kier molecular flexibility index (Phi) is 5.74. The Bertz CT molecular complexity index is 446. The molecule has 1 amide bonds. The van der Waals surface area contributed by atoms with Crippen molar-refractivity contribution < 1.29 is 14.3 Å². The van der Waals surface area contributed by atoms with Gasteiger partial charge in [0.1, 0.15) is 11.9 Å². The average molecular weight is 277 g/mol. The van der Waals surface area contributed by atoms with Crippen LogP contribution in [0.1, 0.15) is 50.0 Å². The third-order valence-corrected chi connectivity index (χ3v) is 2.81. The third-order valence-electron chi connectivity index (χ3n) is 2.81. The van der Waals surface area contributed by atoms with E-state index in [0.29, 0.717) is 5.56 Å². The molecule has 0 aromatic heterocycles. The van der Waals surface area contributed by atoms with Crippen LogP contribution in [0.25, 0.3) is 0 Å². The summed E-state index contributed by atoms with van der Waals surface area (Å²) >= 11 is 0. The summed E-state index contributed by atoms with van der Waals surface area (Å²) in [6.45, 7) is 7.53. The highest BCUT2D eigenvalue weighted by Gasteiger charge is 2.18. The van der Waals surface area contributed by atoms with E-state index in [2.05, 4.69) is 5.32 Å². The SMILES string of the molecule is CCC(Cc1ccc(C=O)cc1)NC(=O)OC(C)(C)C. The van der Waals surface area contributed by atoms with Crippen LogP contribution in [-0.2, 0) is 11.2 Å². The van der Waals surface area contributed by atoms with Crippen LogP contribution in [0.2, 0.25) is 0 Å². The van der Waals surface area contributed by atoms with Crippen LogP contribution in [-0.4, -0.2) is 24.0 Å². The van der Waals surface area contributed by atoms with Crippen LogP contribution >= 0.6 is 0 Å². The summed E-state index contributed by atoms with van der Waals surface area (Å²) in [5.74, 6) is 0. The lowest BCUT2D eigenvalue weighted by atomic mass is 10.0. The number of aldehydes is 1. The zero-order valence-corrected chi connectivity index (χ0v) is 12.6. The van der Waals surface area contributed by atoms with Gasteiger partial charge in [-0.2, -0.15) is 0 Å². The first-order chi connectivity index (χ1) is 9.34. The summed E-state index contributed by atoms with van der Waals surface area (Å²) in [6, 6.07) is 7.39. The van der Waals surface area contributed by atoms with Crippen molar-refractivity contribution in [2.45, 2.75) is 52.2 Å². The van der Waals surface area contributed by atoms with E-state index in [1.54, 1.807) is 12.1 Å². The predicted molar refractivity (Wildman–Crippen MR) is 79.0 cm³/mol. The van der Waals surface area contributed by atoms with Gasteiger partial charge in [-0.05, 0) is 39.2 Å². The molecule has 1 aromatic carbocycles. The topological polar surface area (TPSA) is 55.4 Å². The molecular formula is C16H23NO3. The highest BCUT2D eigenvalue weighted by molar-refractivity contribution is 5.74. The Balaban J connectivity index is 2.58. The normalized spacial score (nSPS) is 12.6. The van der Waals surface area contributed by atoms with Gasteiger partial charge in [0.15, 0.2) is 0 Å². The maximum atomic E-state index is 11.7. The van der Waals surface area contributed by atoms with Gasteiger partial charge in [0.25, 0.3) is 0 Å². The largest absolute Gasteiger partial charge is 0.444 e. The minimum Gasteiger partial charge on any atom is -0.444 e. The lowest BCUT2D eigenvalue weighted by Crippen LogP contribution is -2.39. The molecule has 4 heteroatoms. The van der Waals surface area contributed by atoms with E-state index in [-0.39, 0.29) is 6.04 Å². The number of carbonyl (C=O) groups is 2. The minimum absolute atomic E-state index is 0.0203.